The number of carbonyl (C=O) groups is 1. The number of methoxy groups -OCH3 is 1. The number of nitrogens with one attached hydrogen (secondary N) is 2. The van der Waals surface area contributed by atoms with Crippen LogP contribution in [0.2, 0.25) is 5.02 Å². The molecule has 0 saturated carbocycles. The third-order valence-corrected chi connectivity index (χ3v) is 2.78. The van der Waals surface area contributed by atoms with Crippen LogP contribution in [0.4, 0.5) is 8.78 Å². The number of amides is 1. The highest BCUT2D eigenvalue weighted by Crippen LogP contribution is 2.29. The third kappa shape index (κ3) is 6.56. The number of ether oxygens (including phenoxy) is 1. The van der Waals surface area contributed by atoms with E-state index >= 15 is 0 Å². The first-order chi connectivity index (χ1) is 9.48. The second-order valence-electron chi connectivity index (χ2n) is 4.08. The van der Waals surface area contributed by atoms with Crippen LogP contribution in [0.25, 0.3) is 0 Å². The molecule has 120 valence electrons. The highest BCUT2D eigenvalue weighted by molar-refractivity contribution is 6.30. The van der Waals surface area contributed by atoms with E-state index in [2.05, 4.69) is 10.6 Å². The fourth-order valence-electron chi connectivity index (χ4n) is 1.49. The lowest BCUT2D eigenvalue weighted by Gasteiger charge is -2.16. The first-order valence-electron chi connectivity index (χ1n) is 6.10. The smallest absolute Gasteiger partial charge is 0.349 e. The Morgan fingerprint density at radius 1 is 1.33 bits per heavy atom. The molecule has 21 heavy (non-hydrogen) atoms. The highest BCUT2D eigenvalue weighted by atomic mass is 35.5. The Balaban J connectivity index is 0.00000400. The monoisotopic (exact) mass is 342 g/mol. The van der Waals surface area contributed by atoms with E-state index in [-0.39, 0.29) is 24.0 Å². The molecular formula is C13H18Cl2F2N2O2. The van der Waals surface area contributed by atoms with E-state index in [4.69, 9.17) is 16.3 Å². The van der Waals surface area contributed by atoms with Gasteiger partial charge < -0.3 is 15.4 Å². The number of benzene rings is 1. The molecule has 0 aromatic heterocycles. The molecule has 1 rings (SSSR count). The molecule has 8 heteroatoms. The molecule has 0 aliphatic carbocycles. The van der Waals surface area contributed by atoms with Gasteiger partial charge in [-0.3, -0.25) is 4.79 Å². The summed E-state index contributed by atoms with van der Waals surface area (Å²) in [6.07, 6.45) is 0. The lowest BCUT2D eigenvalue weighted by molar-refractivity contribution is -0.146. The zero-order valence-corrected chi connectivity index (χ0v) is 13.1. The molecule has 1 aromatic carbocycles. The van der Waals surface area contributed by atoms with Gasteiger partial charge in [-0.15, -0.1) is 12.4 Å². The summed E-state index contributed by atoms with van der Waals surface area (Å²) in [5.41, 5.74) is -0.421. The number of hydrogen-bond donors (Lipinski definition) is 2. The standard InChI is InChI=1S/C13H17ClF2N2O2.ClH/c1-20-8-7-17-5-6-18-12(19)13(15,16)10-3-2-4-11(14)9-10;/h2-4,9,17H,5-8H2,1H3,(H,18,19);1H. The van der Waals surface area contributed by atoms with Crippen molar-refractivity contribution in [1.29, 1.82) is 0 Å². The lowest BCUT2D eigenvalue weighted by Crippen LogP contribution is -2.41. The van der Waals surface area contributed by atoms with Crippen molar-refractivity contribution in [1.82, 2.24) is 10.6 Å². The molecule has 0 radical (unpaired) electrons. The molecule has 1 amide bonds. The molecule has 0 aliphatic heterocycles. The first-order valence-corrected chi connectivity index (χ1v) is 6.48. The summed E-state index contributed by atoms with van der Waals surface area (Å²) in [6, 6.07) is 5.10. The average molecular weight is 343 g/mol. The van der Waals surface area contributed by atoms with Crippen LogP contribution in [-0.2, 0) is 15.5 Å². The molecule has 2 N–H and O–H groups in total. The minimum absolute atomic E-state index is 0. The minimum atomic E-state index is -3.60. The van der Waals surface area contributed by atoms with Gasteiger partial charge in [0, 0.05) is 37.3 Å². The molecule has 0 heterocycles. The van der Waals surface area contributed by atoms with E-state index in [1.807, 2.05) is 0 Å². The zero-order chi connectivity index (χ0) is 15.0. The molecule has 0 spiro atoms. The van der Waals surface area contributed by atoms with Gasteiger partial charge in [-0.05, 0) is 12.1 Å². The Bertz CT molecular complexity index is 448. The van der Waals surface area contributed by atoms with Crippen molar-refractivity contribution in [3.63, 3.8) is 0 Å². The fraction of sp³-hybridized carbons (Fsp3) is 0.462. The van der Waals surface area contributed by atoms with Crippen LogP contribution in [0.3, 0.4) is 0 Å². The highest BCUT2D eigenvalue weighted by Gasteiger charge is 2.40. The van der Waals surface area contributed by atoms with Crippen LogP contribution in [-0.4, -0.2) is 39.3 Å². The van der Waals surface area contributed by atoms with E-state index < -0.39 is 17.4 Å². The van der Waals surface area contributed by atoms with Gasteiger partial charge in [0.05, 0.1) is 6.61 Å². The quantitative estimate of drug-likeness (QED) is 0.712. The predicted octanol–water partition coefficient (Wildman–Crippen LogP) is 2.21. The predicted molar refractivity (Wildman–Crippen MR) is 80.3 cm³/mol. The van der Waals surface area contributed by atoms with E-state index in [1.165, 1.54) is 18.2 Å². The van der Waals surface area contributed by atoms with Crippen LogP contribution in [0.5, 0.6) is 0 Å². The molecule has 0 aliphatic rings. The van der Waals surface area contributed by atoms with Gasteiger partial charge in [0.1, 0.15) is 0 Å². The van der Waals surface area contributed by atoms with Crippen LogP contribution in [0, 0.1) is 0 Å². The molecule has 0 saturated heterocycles. The van der Waals surface area contributed by atoms with Gasteiger partial charge in [0.25, 0.3) is 5.91 Å². The van der Waals surface area contributed by atoms with E-state index in [9.17, 15) is 13.6 Å². The van der Waals surface area contributed by atoms with Crippen LogP contribution in [0.1, 0.15) is 5.56 Å². The Morgan fingerprint density at radius 3 is 2.67 bits per heavy atom. The minimum Gasteiger partial charge on any atom is -0.383 e. The molecule has 1 aromatic rings. The van der Waals surface area contributed by atoms with E-state index in [0.717, 1.165) is 6.07 Å². The molecular weight excluding hydrogens is 325 g/mol. The Morgan fingerprint density at radius 2 is 2.05 bits per heavy atom. The Hall–Kier alpha value is -0.950. The van der Waals surface area contributed by atoms with Gasteiger partial charge in [0.15, 0.2) is 0 Å². The first kappa shape index (κ1) is 20.1. The van der Waals surface area contributed by atoms with E-state index in [0.29, 0.717) is 19.7 Å². The third-order valence-electron chi connectivity index (χ3n) is 2.54. The summed E-state index contributed by atoms with van der Waals surface area (Å²) in [4.78, 5) is 11.5. The average Bonchev–Trinajstić information content (AvgIpc) is 2.42. The maximum atomic E-state index is 13.8. The summed E-state index contributed by atoms with van der Waals surface area (Å²) in [7, 11) is 1.56. The lowest BCUT2D eigenvalue weighted by atomic mass is 10.1. The van der Waals surface area contributed by atoms with Gasteiger partial charge in [0.2, 0.25) is 0 Å². The van der Waals surface area contributed by atoms with Crippen LogP contribution >= 0.6 is 24.0 Å². The van der Waals surface area contributed by atoms with Gasteiger partial charge in [-0.25, -0.2) is 0 Å². The van der Waals surface area contributed by atoms with Crippen LogP contribution < -0.4 is 10.6 Å². The second-order valence-corrected chi connectivity index (χ2v) is 4.52. The number of alkyl halides is 2. The molecule has 0 unspecified atom stereocenters. The summed E-state index contributed by atoms with van der Waals surface area (Å²) >= 11 is 5.64. The topological polar surface area (TPSA) is 50.4 Å². The Labute approximate surface area is 133 Å². The zero-order valence-electron chi connectivity index (χ0n) is 11.5. The van der Waals surface area contributed by atoms with Crippen molar-refractivity contribution in [2.45, 2.75) is 5.92 Å². The van der Waals surface area contributed by atoms with Gasteiger partial charge >= 0.3 is 5.92 Å². The summed E-state index contributed by atoms with van der Waals surface area (Å²) < 4.78 is 32.5. The molecule has 0 bridgehead atoms. The summed E-state index contributed by atoms with van der Waals surface area (Å²) in [5, 5.41) is 5.28. The van der Waals surface area contributed by atoms with Crippen molar-refractivity contribution in [2.24, 2.45) is 0 Å². The number of hydrogen-bond acceptors (Lipinski definition) is 3. The van der Waals surface area contributed by atoms with Gasteiger partial charge in [-0.2, -0.15) is 8.78 Å². The Kier molecular flexibility index (Phi) is 9.44. The summed E-state index contributed by atoms with van der Waals surface area (Å²) in [6.45, 7) is 1.61. The van der Waals surface area contributed by atoms with Crippen molar-refractivity contribution < 1.29 is 18.3 Å². The van der Waals surface area contributed by atoms with Crippen LogP contribution in [0.15, 0.2) is 24.3 Å². The number of rotatable bonds is 8. The maximum Gasteiger partial charge on any atom is 0.349 e. The maximum absolute atomic E-state index is 13.8. The normalized spacial score (nSPS) is 10.9. The molecule has 4 nitrogen and oxygen atoms in total. The van der Waals surface area contributed by atoms with Crippen molar-refractivity contribution >= 4 is 29.9 Å². The van der Waals surface area contributed by atoms with Crippen molar-refractivity contribution in [3.05, 3.63) is 34.9 Å². The fourth-order valence-corrected chi connectivity index (χ4v) is 1.68. The SMILES string of the molecule is COCCNCCNC(=O)C(F)(F)c1cccc(Cl)c1.Cl. The van der Waals surface area contributed by atoms with Crippen molar-refractivity contribution in [3.8, 4) is 0 Å². The van der Waals surface area contributed by atoms with Gasteiger partial charge in [-0.1, -0.05) is 23.7 Å². The number of halogens is 4. The van der Waals surface area contributed by atoms with Crippen molar-refractivity contribution in [2.75, 3.05) is 33.4 Å². The number of carbonyl (C=O) groups excluding carboxylic acids is 1. The molecule has 0 atom stereocenters. The summed E-state index contributed by atoms with van der Waals surface area (Å²) in [5.74, 6) is -4.94. The molecule has 0 fully saturated rings. The second kappa shape index (κ2) is 9.89. The largest absolute Gasteiger partial charge is 0.383 e. The van der Waals surface area contributed by atoms with E-state index in [1.54, 1.807) is 7.11 Å².